The number of aryl methyl sites for hydroxylation is 1. The lowest BCUT2D eigenvalue weighted by atomic mass is 10.2. The van der Waals surface area contributed by atoms with E-state index in [0.29, 0.717) is 6.54 Å². The minimum atomic E-state index is 0.0682. The van der Waals surface area contributed by atoms with Gasteiger partial charge in [-0.1, -0.05) is 18.2 Å². The maximum absolute atomic E-state index is 8.55. The number of benzene rings is 1. The molecule has 98 valence electrons. The first-order valence-corrected chi connectivity index (χ1v) is 6.06. The van der Waals surface area contributed by atoms with Crippen molar-refractivity contribution in [3.05, 3.63) is 47.8 Å². The first kappa shape index (κ1) is 13.1. The molecular formula is C14H16N4O. The molecule has 0 spiro atoms. The monoisotopic (exact) mass is 256 g/mol. The number of hydrogen-bond donors (Lipinski definition) is 1. The zero-order chi connectivity index (χ0) is 13.5. The highest BCUT2D eigenvalue weighted by atomic mass is 16.5. The molecule has 1 aromatic heterocycles. The van der Waals surface area contributed by atoms with Gasteiger partial charge in [-0.2, -0.15) is 10.4 Å². The van der Waals surface area contributed by atoms with Crippen LogP contribution in [0.1, 0.15) is 11.3 Å². The molecule has 0 fully saturated rings. The third kappa shape index (κ3) is 3.57. The van der Waals surface area contributed by atoms with E-state index in [1.807, 2.05) is 48.1 Å². The Balaban J connectivity index is 1.92. The van der Waals surface area contributed by atoms with Gasteiger partial charge in [0.05, 0.1) is 5.69 Å². The molecule has 5 heteroatoms. The number of nitriles is 1. The summed E-state index contributed by atoms with van der Waals surface area (Å²) < 4.78 is 7.22. The maximum Gasteiger partial charge on any atom is 0.174 e. The summed E-state index contributed by atoms with van der Waals surface area (Å²) in [5.74, 6) is 0.751. The molecule has 2 rings (SSSR count). The van der Waals surface area contributed by atoms with Crippen LogP contribution in [0.5, 0.6) is 5.75 Å². The van der Waals surface area contributed by atoms with Crippen LogP contribution in [-0.4, -0.2) is 16.4 Å². The lowest BCUT2D eigenvalue weighted by Crippen LogP contribution is -2.16. The normalized spacial score (nSPS) is 10.1. The van der Waals surface area contributed by atoms with E-state index in [-0.39, 0.29) is 6.61 Å². The number of hydrogen-bond acceptors (Lipinski definition) is 4. The lowest BCUT2D eigenvalue weighted by molar-refractivity contribution is 0.362. The van der Waals surface area contributed by atoms with Gasteiger partial charge in [-0.25, -0.2) is 0 Å². The van der Waals surface area contributed by atoms with Crippen molar-refractivity contribution in [1.29, 1.82) is 5.26 Å². The van der Waals surface area contributed by atoms with E-state index in [1.54, 1.807) is 6.20 Å². The fourth-order valence-electron chi connectivity index (χ4n) is 1.80. The summed E-state index contributed by atoms with van der Waals surface area (Å²) in [6.07, 6.45) is 1.78. The Morgan fingerprint density at radius 3 is 2.89 bits per heavy atom. The maximum atomic E-state index is 8.55. The molecule has 0 amide bonds. The van der Waals surface area contributed by atoms with Gasteiger partial charge in [0, 0.05) is 31.9 Å². The van der Waals surface area contributed by atoms with Crippen LogP contribution < -0.4 is 10.1 Å². The molecule has 0 atom stereocenters. The van der Waals surface area contributed by atoms with Crippen LogP contribution in [0.15, 0.2) is 36.5 Å². The van der Waals surface area contributed by atoms with Crippen LogP contribution in [-0.2, 0) is 20.1 Å². The Morgan fingerprint density at radius 2 is 2.16 bits per heavy atom. The number of nitrogens with one attached hydrogen (secondary N) is 1. The van der Waals surface area contributed by atoms with Crippen LogP contribution in [0.2, 0.25) is 0 Å². The first-order valence-electron chi connectivity index (χ1n) is 6.06. The summed E-state index contributed by atoms with van der Waals surface area (Å²) in [5, 5.41) is 16.0. The van der Waals surface area contributed by atoms with Crippen molar-refractivity contribution in [1.82, 2.24) is 15.1 Å². The van der Waals surface area contributed by atoms with Gasteiger partial charge in [-0.15, -0.1) is 0 Å². The number of rotatable bonds is 6. The predicted octanol–water partition coefficient (Wildman–Crippen LogP) is 1.61. The summed E-state index contributed by atoms with van der Waals surface area (Å²) in [6, 6.07) is 11.7. The Bertz CT molecular complexity index is 571. The Hall–Kier alpha value is -2.32. The quantitative estimate of drug-likeness (QED) is 0.853. The minimum Gasteiger partial charge on any atom is -0.478 e. The van der Waals surface area contributed by atoms with E-state index in [2.05, 4.69) is 10.4 Å². The topological polar surface area (TPSA) is 62.9 Å². The SMILES string of the molecule is Cn1nccc1CNCc1ccccc1OCC#N. The standard InChI is InChI=1S/C14H16N4O/c1-18-13(6-8-17-18)11-16-10-12-4-2-3-5-14(12)19-9-7-15/h2-6,8,16H,9-11H2,1H3. The molecule has 0 aliphatic carbocycles. The minimum absolute atomic E-state index is 0.0682. The molecule has 0 unspecified atom stereocenters. The van der Waals surface area contributed by atoms with Crippen molar-refractivity contribution in [3.63, 3.8) is 0 Å². The van der Waals surface area contributed by atoms with Crippen molar-refractivity contribution in [2.45, 2.75) is 13.1 Å². The van der Waals surface area contributed by atoms with Crippen LogP contribution in [0.25, 0.3) is 0 Å². The van der Waals surface area contributed by atoms with Gasteiger partial charge >= 0.3 is 0 Å². The predicted molar refractivity (Wildman–Crippen MR) is 71.3 cm³/mol. The largest absolute Gasteiger partial charge is 0.478 e. The van der Waals surface area contributed by atoms with E-state index in [0.717, 1.165) is 23.6 Å². The van der Waals surface area contributed by atoms with Crippen molar-refractivity contribution in [2.75, 3.05) is 6.61 Å². The van der Waals surface area contributed by atoms with Crippen molar-refractivity contribution >= 4 is 0 Å². The fraction of sp³-hybridized carbons (Fsp3) is 0.286. The fourth-order valence-corrected chi connectivity index (χ4v) is 1.80. The number of para-hydroxylation sites is 1. The van der Waals surface area contributed by atoms with Gasteiger partial charge in [-0.05, 0) is 12.1 Å². The highest BCUT2D eigenvalue weighted by Crippen LogP contribution is 2.17. The molecular weight excluding hydrogens is 240 g/mol. The Morgan fingerprint density at radius 1 is 1.32 bits per heavy atom. The number of ether oxygens (including phenoxy) is 1. The van der Waals surface area contributed by atoms with Gasteiger partial charge in [0.2, 0.25) is 0 Å². The van der Waals surface area contributed by atoms with Gasteiger partial charge in [-0.3, -0.25) is 4.68 Å². The highest BCUT2D eigenvalue weighted by Gasteiger charge is 2.03. The molecule has 2 aromatic rings. The Kier molecular flexibility index (Phi) is 4.54. The summed E-state index contributed by atoms with van der Waals surface area (Å²) in [4.78, 5) is 0. The summed E-state index contributed by atoms with van der Waals surface area (Å²) >= 11 is 0. The van der Waals surface area contributed by atoms with Crippen molar-refractivity contribution in [2.24, 2.45) is 7.05 Å². The molecule has 5 nitrogen and oxygen atoms in total. The smallest absolute Gasteiger partial charge is 0.174 e. The average molecular weight is 256 g/mol. The van der Waals surface area contributed by atoms with E-state index >= 15 is 0 Å². The van der Waals surface area contributed by atoms with Gasteiger partial charge in [0.1, 0.15) is 11.8 Å². The zero-order valence-corrected chi connectivity index (χ0v) is 10.8. The van der Waals surface area contributed by atoms with Crippen LogP contribution in [0.4, 0.5) is 0 Å². The summed E-state index contributed by atoms with van der Waals surface area (Å²) in [7, 11) is 1.92. The van der Waals surface area contributed by atoms with E-state index in [1.165, 1.54) is 0 Å². The molecule has 0 aliphatic heterocycles. The van der Waals surface area contributed by atoms with Crippen molar-refractivity contribution < 1.29 is 4.74 Å². The van der Waals surface area contributed by atoms with E-state index in [4.69, 9.17) is 10.00 Å². The highest BCUT2D eigenvalue weighted by molar-refractivity contribution is 5.33. The van der Waals surface area contributed by atoms with E-state index in [9.17, 15) is 0 Å². The number of aromatic nitrogens is 2. The number of nitrogens with zero attached hydrogens (tertiary/aromatic N) is 3. The van der Waals surface area contributed by atoms with Gasteiger partial charge in [0.15, 0.2) is 6.61 Å². The van der Waals surface area contributed by atoms with E-state index < -0.39 is 0 Å². The molecule has 0 saturated carbocycles. The molecule has 1 N–H and O–H groups in total. The molecule has 19 heavy (non-hydrogen) atoms. The molecule has 0 saturated heterocycles. The van der Waals surface area contributed by atoms with Crippen LogP contribution >= 0.6 is 0 Å². The molecule has 0 bridgehead atoms. The first-order chi connectivity index (χ1) is 9.31. The summed E-state index contributed by atoms with van der Waals surface area (Å²) in [5.41, 5.74) is 2.16. The Labute approximate surface area is 112 Å². The second-order valence-corrected chi connectivity index (χ2v) is 4.10. The lowest BCUT2D eigenvalue weighted by Gasteiger charge is -2.10. The third-order valence-electron chi connectivity index (χ3n) is 2.81. The molecule has 0 aliphatic rings. The summed E-state index contributed by atoms with van der Waals surface area (Å²) in [6.45, 7) is 1.49. The average Bonchev–Trinajstić information content (AvgIpc) is 2.83. The second kappa shape index (κ2) is 6.57. The third-order valence-corrected chi connectivity index (χ3v) is 2.81. The van der Waals surface area contributed by atoms with Gasteiger partial charge in [0.25, 0.3) is 0 Å². The zero-order valence-electron chi connectivity index (χ0n) is 10.8. The van der Waals surface area contributed by atoms with Gasteiger partial charge < -0.3 is 10.1 Å². The molecule has 1 heterocycles. The van der Waals surface area contributed by atoms with Crippen LogP contribution in [0.3, 0.4) is 0 Å². The molecule has 1 aromatic carbocycles. The molecule has 0 radical (unpaired) electrons. The second-order valence-electron chi connectivity index (χ2n) is 4.10. The van der Waals surface area contributed by atoms with Crippen molar-refractivity contribution in [3.8, 4) is 11.8 Å². The van der Waals surface area contributed by atoms with Crippen LogP contribution in [0, 0.1) is 11.3 Å².